The number of piperidine rings is 1. The van der Waals surface area contributed by atoms with Crippen LogP contribution in [0.3, 0.4) is 0 Å². The Morgan fingerprint density at radius 3 is 2.94 bits per heavy atom. The zero-order valence-corrected chi connectivity index (χ0v) is 11.1. The predicted octanol–water partition coefficient (Wildman–Crippen LogP) is 0.582. The summed E-state index contributed by atoms with van der Waals surface area (Å²) in [5.41, 5.74) is 6.22. The number of pyridine rings is 1. The normalized spacial score (nSPS) is 21.9. The summed E-state index contributed by atoms with van der Waals surface area (Å²) in [6.45, 7) is 1.70. The molecule has 0 saturated carbocycles. The third kappa shape index (κ3) is 3.28. The Morgan fingerprint density at radius 1 is 1.44 bits per heavy atom. The highest BCUT2D eigenvalue weighted by Crippen LogP contribution is 2.20. The van der Waals surface area contributed by atoms with E-state index in [9.17, 15) is 8.42 Å². The summed E-state index contributed by atoms with van der Waals surface area (Å²) in [4.78, 5) is 4.07. The Balaban J connectivity index is 2.06. The first-order valence-electron chi connectivity index (χ1n) is 6.19. The third-order valence-electron chi connectivity index (χ3n) is 3.26. The van der Waals surface area contributed by atoms with Gasteiger partial charge in [0.1, 0.15) is 5.75 Å². The molecule has 1 aromatic rings. The maximum atomic E-state index is 12.3. The van der Waals surface area contributed by atoms with Crippen LogP contribution in [0.2, 0.25) is 0 Å². The largest absolute Gasteiger partial charge is 0.330 e. The van der Waals surface area contributed by atoms with Crippen LogP contribution >= 0.6 is 0 Å². The second-order valence-electron chi connectivity index (χ2n) is 4.68. The number of hydrogen-bond acceptors (Lipinski definition) is 4. The highest BCUT2D eigenvalue weighted by Gasteiger charge is 2.28. The molecule has 1 aliphatic rings. The summed E-state index contributed by atoms with van der Waals surface area (Å²) < 4.78 is 26.1. The van der Waals surface area contributed by atoms with Crippen molar-refractivity contribution < 1.29 is 8.42 Å². The lowest BCUT2D eigenvalue weighted by molar-refractivity contribution is 0.271. The zero-order chi connectivity index (χ0) is 13.0. The van der Waals surface area contributed by atoms with Gasteiger partial charge in [0.25, 0.3) is 0 Å². The molecule has 0 radical (unpaired) electrons. The number of hydrogen-bond donors (Lipinski definition) is 1. The fourth-order valence-electron chi connectivity index (χ4n) is 2.23. The highest BCUT2D eigenvalue weighted by molar-refractivity contribution is 7.88. The molecule has 0 bridgehead atoms. The summed E-state index contributed by atoms with van der Waals surface area (Å²) in [5, 5.41) is 0. The Kier molecular flexibility index (Phi) is 4.31. The Labute approximate surface area is 108 Å². The summed E-state index contributed by atoms with van der Waals surface area (Å²) in [6, 6.07) is 5.32. The summed E-state index contributed by atoms with van der Waals surface area (Å²) in [7, 11) is -3.26. The molecule has 18 heavy (non-hydrogen) atoms. The van der Waals surface area contributed by atoms with Gasteiger partial charge >= 0.3 is 0 Å². The van der Waals surface area contributed by atoms with Gasteiger partial charge in [0.05, 0.1) is 5.69 Å². The van der Waals surface area contributed by atoms with Crippen LogP contribution in [0.5, 0.6) is 0 Å². The van der Waals surface area contributed by atoms with Gasteiger partial charge in [-0.05, 0) is 37.4 Å². The molecule has 1 aromatic heterocycles. The molecular formula is C12H19N3O2S. The number of rotatable bonds is 4. The van der Waals surface area contributed by atoms with Gasteiger partial charge in [0.15, 0.2) is 0 Å². The van der Waals surface area contributed by atoms with Crippen molar-refractivity contribution in [3.8, 4) is 0 Å². The third-order valence-corrected chi connectivity index (χ3v) is 5.04. The molecule has 100 valence electrons. The minimum atomic E-state index is -3.26. The smallest absolute Gasteiger partial charge is 0.219 e. The van der Waals surface area contributed by atoms with E-state index in [2.05, 4.69) is 4.98 Å². The number of sulfonamides is 1. The van der Waals surface area contributed by atoms with Crippen molar-refractivity contribution in [1.82, 2.24) is 9.29 Å². The first kappa shape index (κ1) is 13.5. The quantitative estimate of drug-likeness (QED) is 0.867. The maximum Gasteiger partial charge on any atom is 0.219 e. The summed E-state index contributed by atoms with van der Waals surface area (Å²) >= 11 is 0. The second-order valence-corrected chi connectivity index (χ2v) is 6.65. The van der Waals surface area contributed by atoms with Gasteiger partial charge in [-0.1, -0.05) is 6.07 Å². The van der Waals surface area contributed by atoms with Crippen molar-refractivity contribution >= 4 is 10.0 Å². The Morgan fingerprint density at radius 2 is 2.28 bits per heavy atom. The van der Waals surface area contributed by atoms with E-state index < -0.39 is 10.0 Å². The van der Waals surface area contributed by atoms with Crippen molar-refractivity contribution in [3.63, 3.8) is 0 Å². The molecule has 1 atom stereocenters. The molecule has 6 heteroatoms. The molecule has 0 aromatic carbocycles. The summed E-state index contributed by atoms with van der Waals surface area (Å²) in [5.74, 6) is 0.266. The Hall–Kier alpha value is -0.980. The van der Waals surface area contributed by atoms with Crippen LogP contribution in [0.4, 0.5) is 0 Å². The predicted molar refractivity (Wildman–Crippen MR) is 70.2 cm³/mol. The van der Waals surface area contributed by atoms with E-state index in [-0.39, 0.29) is 11.7 Å². The number of nitrogens with two attached hydrogens (primary N) is 1. The van der Waals surface area contributed by atoms with Crippen molar-refractivity contribution in [2.75, 3.05) is 19.6 Å². The van der Waals surface area contributed by atoms with Gasteiger partial charge in [0, 0.05) is 19.3 Å². The van der Waals surface area contributed by atoms with Gasteiger partial charge in [-0.25, -0.2) is 12.7 Å². The molecule has 1 saturated heterocycles. The van der Waals surface area contributed by atoms with Crippen LogP contribution < -0.4 is 5.73 Å². The van der Waals surface area contributed by atoms with Gasteiger partial charge in [0.2, 0.25) is 10.0 Å². The van der Waals surface area contributed by atoms with Crippen LogP contribution in [0.1, 0.15) is 18.5 Å². The van der Waals surface area contributed by atoms with Crippen LogP contribution in [-0.4, -0.2) is 37.3 Å². The molecule has 1 aliphatic heterocycles. The van der Waals surface area contributed by atoms with Gasteiger partial charge < -0.3 is 5.73 Å². The Bertz CT molecular complexity index is 475. The number of aromatic nitrogens is 1. The second kappa shape index (κ2) is 5.77. The first-order chi connectivity index (χ1) is 8.62. The zero-order valence-electron chi connectivity index (χ0n) is 10.3. The first-order valence-corrected chi connectivity index (χ1v) is 7.80. The highest BCUT2D eigenvalue weighted by atomic mass is 32.2. The van der Waals surface area contributed by atoms with E-state index in [1.54, 1.807) is 28.7 Å². The molecule has 2 rings (SSSR count). The van der Waals surface area contributed by atoms with Crippen molar-refractivity contribution in [2.45, 2.75) is 18.6 Å². The minimum absolute atomic E-state index is 0.0227. The fourth-order valence-corrected chi connectivity index (χ4v) is 3.81. The van der Waals surface area contributed by atoms with E-state index in [0.717, 1.165) is 12.8 Å². The standard InChI is InChI=1S/C12H19N3O2S/c13-8-11-4-3-7-15(9-11)18(16,17)10-12-5-1-2-6-14-12/h1-2,5-6,11H,3-4,7-10,13H2. The SMILES string of the molecule is NCC1CCCN(S(=O)(=O)Cc2ccccn2)C1. The van der Waals surface area contributed by atoms with Crippen molar-refractivity contribution in [2.24, 2.45) is 11.7 Å². The lowest BCUT2D eigenvalue weighted by Gasteiger charge is -2.31. The molecule has 0 spiro atoms. The van der Waals surface area contributed by atoms with Crippen LogP contribution in [-0.2, 0) is 15.8 Å². The summed E-state index contributed by atoms with van der Waals surface area (Å²) in [6.07, 6.45) is 3.53. The van der Waals surface area contributed by atoms with Crippen molar-refractivity contribution in [1.29, 1.82) is 0 Å². The van der Waals surface area contributed by atoms with Crippen molar-refractivity contribution in [3.05, 3.63) is 30.1 Å². The number of nitrogens with zero attached hydrogens (tertiary/aromatic N) is 2. The molecule has 1 unspecified atom stereocenters. The lowest BCUT2D eigenvalue weighted by Crippen LogP contribution is -2.42. The van der Waals surface area contributed by atoms with Crippen LogP contribution in [0, 0.1) is 5.92 Å². The average molecular weight is 269 g/mol. The molecule has 1 fully saturated rings. The lowest BCUT2D eigenvalue weighted by atomic mass is 10.0. The maximum absolute atomic E-state index is 12.3. The van der Waals surface area contributed by atoms with E-state index in [1.165, 1.54) is 0 Å². The van der Waals surface area contributed by atoms with Crippen LogP contribution in [0.15, 0.2) is 24.4 Å². The fraction of sp³-hybridized carbons (Fsp3) is 0.583. The molecule has 2 N–H and O–H groups in total. The molecule has 0 amide bonds. The van der Waals surface area contributed by atoms with E-state index in [0.29, 0.717) is 25.3 Å². The topological polar surface area (TPSA) is 76.3 Å². The molecular weight excluding hydrogens is 250 g/mol. The molecule has 5 nitrogen and oxygen atoms in total. The molecule has 0 aliphatic carbocycles. The average Bonchev–Trinajstić information content (AvgIpc) is 2.39. The van der Waals surface area contributed by atoms with Gasteiger partial charge in [-0.3, -0.25) is 4.98 Å². The van der Waals surface area contributed by atoms with Crippen LogP contribution in [0.25, 0.3) is 0 Å². The molecule has 2 heterocycles. The van der Waals surface area contributed by atoms with E-state index >= 15 is 0 Å². The monoisotopic (exact) mass is 269 g/mol. The van der Waals surface area contributed by atoms with Gasteiger partial charge in [-0.2, -0.15) is 0 Å². The van der Waals surface area contributed by atoms with E-state index in [1.807, 2.05) is 0 Å². The van der Waals surface area contributed by atoms with E-state index in [4.69, 9.17) is 5.73 Å². The van der Waals surface area contributed by atoms with Gasteiger partial charge in [-0.15, -0.1) is 0 Å². The minimum Gasteiger partial charge on any atom is -0.330 e.